The lowest BCUT2D eigenvalue weighted by atomic mass is 10.3. The van der Waals surface area contributed by atoms with Gasteiger partial charge in [0.2, 0.25) is 0 Å². The molecule has 1 aliphatic carbocycles. The number of hydrogen-bond donors (Lipinski definition) is 0. The van der Waals surface area contributed by atoms with E-state index in [4.69, 9.17) is 0 Å². The molecular formula is C10H15N. The molecule has 3 atom stereocenters. The summed E-state index contributed by atoms with van der Waals surface area (Å²) >= 11 is 0. The topological polar surface area (TPSA) is 3.24 Å². The Labute approximate surface area is 68.8 Å². The van der Waals surface area contributed by atoms with Gasteiger partial charge >= 0.3 is 0 Å². The first-order valence-corrected chi connectivity index (χ1v) is 4.47. The molecule has 0 amide bonds. The molecule has 1 saturated carbocycles. The molecule has 11 heavy (non-hydrogen) atoms. The number of piperidine rings is 1. The van der Waals surface area contributed by atoms with Crippen molar-refractivity contribution >= 4 is 0 Å². The largest absolute Gasteiger partial charge is 0.289 e. The number of hydrogen-bond acceptors (Lipinski definition) is 1. The summed E-state index contributed by atoms with van der Waals surface area (Å²) in [6.45, 7) is 6.75. The Morgan fingerprint density at radius 1 is 1.36 bits per heavy atom. The van der Waals surface area contributed by atoms with Crippen LogP contribution in [-0.2, 0) is 0 Å². The van der Waals surface area contributed by atoms with Crippen molar-refractivity contribution in [3.63, 3.8) is 0 Å². The summed E-state index contributed by atoms with van der Waals surface area (Å²) in [4.78, 5) is 2.51. The van der Waals surface area contributed by atoms with Crippen LogP contribution in [0.1, 0.15) is 20.3 Å². The maximum Gasteiger partial charge on any atom is 0.0686 e. The standard InChI is InChI=1S/C10H15N/c1-3-4-8(2)11-6-9-5-10(9)7-11/h8-10H,5-7H2,1-2H3/t8-,9?,10?/m1/s1. The van der Waals surface area contributed by atoms with Crippen molar-refractivity contribution < 1.29 is 0 Å². The Hall–Kier alpha value is -0.480. The van der Waals surface area contributed by atoms with Gasteiger partial charge in [-0.2, -0.15) is 0 Å². The zero-order chi connectivity index (χ0) is 7.84. The average molecular weight is 149 g/mol. The van der Waals surface area contributed by atoms with E-state index in [1.165, 1.54) is 19.5 Å². The summed E-state index contributed by atoms with van der Waals surface area (Å²) in [6.07, 6.45) is 1.49. The number of nitrogens with zero attached hydrogens (tertiary/aromatic N) is 1. The highest BCUT2D eigenvalue weighted by Gasteiger charge is 2.45. The van der Waals surface area contributed by atoms with Gasteiger partial charge in [0, 0.05) is 13.1 Å². The maximum absolute atomic E-state index is 3.20. The van der Waals surface area contributed by atoms with Crippen molar-refractivity contribution in [2.75, 3.05) is 13.1 Å². The van der Waals surface area contributed by atoms with Gasteiger partial charge in [-0.05, 0) is 32.1 Å². The van der Waals surface area contributed by atoms with Crippen molar-refractivity contribution in [2.24, 2.45) is 11.8 Å². The van der Waals surface area contributed by atoms with Gasteiger partial charge in [-0.15, -0.1) is 5.92 Å². The van der Waals surface area contributed by atoms with Gasteiger partial charge in [0.05, 0.1) is 6.04 Å². The molecule has 60 valence electrons. The molecule has 0 spiro atoms. The zero-order valence-electron chi connectivity index (χ0n) is 7.30. The Morgan fingerprint density at radius 2 is 2.00 bits per heavy atom. The minimum atomic E-state index is 0.493. The van der Waals surface area contributed by atoms with Crippen LogP contribution >= 0.6 is 0 Å². The summed E-state index contributed by atoms with van der Waals surface area (Å²) < 4.78 is 0. The molecule has 1 heterocycles. The lowest BCUT2D eigenvalue weighted by molar-refractivity contribution is 0.276. The average Bonchev–Trinajstić information content (AvgIpc) is 2.59. The molecule has 2 unspecified atom stereocenters. The first-order valence-electron chi connectivity index (χ1n) is 4.47. The van der Waals surface area contributed by atoms with Gasteiger partial charge in [-0.1, -0.05) is 5.92 Å². The van der Waals surface area contributed by atoms with Crippen molar-refractivity contribution in [2.45, 2.75) is 26.3 Å². The molecule has 1 aliphatic heterocycles. The predicted octanol–water partition coefficient (Wildman–Crippen LogP) is 1.35. The molecule has 0 aromatic carbocycles. The minimum absolute atomic E-state index is 0.493. The lowest BCUT2D eigenvalue weighted by Gasteiger charge is -2.20. The zero-order valence-corrected chi connectivity index (χ0v) is 7.30. The molecule has 1 saturated heterocycles. The van der Waals surface area contributed by atoms with Gasteiger partial charge in [0.15, 0.2) is 0 Å². The Balaban J connectivity index is 1.89. The minimum Gasteiger partial charge on any atom is -0.289 e. The van der Waals surface area contributed by atoms with Crippen LogP contribution in [0.3, 0.4) is 0 Å². The fourth-order valence-electron chi connectivity index (χ4n) is 2.05. The molecule has 1 nitrogen and oxygen atoms in total. The number of likely N-dealkylation sites (tertiary alicyclic amines) is 1. The Kier molecular flexibility index (Phi) is 1.65. The van der Waals surface area contributed by atoms with E-state index in [1.807, 2.05) is 6.92 Å². The summed E-state index contributed by atoms with van der Waals surface area (Å²) in [5.74, 6) is 8.26. The summed E-state index contributed by atoms with van der Waals surface area (Å²) in [5.41, 5.74) is 0. The third kappa shape index (κ3) is 1.28. The SMILES string of the molecule is CC#C[C@@H](C)N1CC2CC2C1. The van der Waals surface area contributed by atoms with Crippen LogP contribution in [0.4, 0.5) is 0 Å². The van der Waals surface area contributed by atoms with Gasteiger partial charge in [0.1, 0.15) is 0 Å². The second-order valence-electron chi connectivity index (χ2n) is 3.78. The normalized spacial score (nSPS) is 37.3. The summed E-state index contributed by atoms with van der Waals surface area (Å²) in [6, 6.07) is 0.493. The van der Waals surface area contributed by atoms with Gasteiger partial charge < -0.3 is 0 Å². The second-order valence-corrected chi connectivity index (χ2v) is 3.78. The van der Waals surface area contributed by atoms with Gasteiger partial charge in [-0.25, -0.2) is 0 Å². The van der Waals surface area contributed by atoms with Gasteiger partial charge in [0.25, 0.3) is 0 Å². The maximum atomic E-state index is 3.20. The quantitative estimate of drug-likeness (QED) is 0.509. The number of rotatable bonds is 1. The van der Waals surface area contributed by atoms with Crippen LogP contribution in [0.15, 0.2) is 0 Å². The van der Waals surface area contributed by atoms with Crippen LogP contribution in [-0.4, -0.2) is 24.0 Å². The van der Waals surface area contributed by atoms with E-state index >= 15 is 0 Å². The van der Waals surface area contributed by atoms with E-state index < -0.39 is 0 Å². The molecular weight excluding hydrogens is 134 g/mol. The number of fused-ring (bicyclic) bond motifs is 1. The highest BCUT2D eigenvalue weighted by Crippen LogP contribution is 2.45. The van der Waals surface area contributed by atoms with Crippen molar-refractivity contribution in [3.8, 4) is 11.8 Å². The van der Waals surface area contributed by atoms with E-state index in [0.29, 0.717) is 6.04 Å². The molecule has 0 bridgehead atoms. The Morgan fingerprint density at radius 3 is 2.55 bits per heavy atom. The van der Waals surface area contributed by atoms with Crippen molar-refractivity contribution in [1.82, 2.24) is 4.90 Å². The monoisotopic (exact) mass is 149 g/mol. The molecule has 2 aliphatic rings. The smallest absolute Gasteiger partial charge is 0.0686 e. The van der Waals surface area contributed by atoms with Crippen LogP contribution in [0.25, 0.3) is 0 Å². The van der Waals surface area contributed by atoms with E-state index in [9.17, 15) is 0 Å². The third-order valence-electron chi connectivity index (χ3n) is 2.91. The molecule has 1 heteroatoms. The molecule has 0 aromatic heterocycles. The first-order chi connectivity index (χ1) is 5.31. The molecule has 2 fully saturated rings. The fraction of sp³-hybridized carbons (Fsp3) is 0.800. The van der Waals surface area contributed by atoms with E-state index in [0.717, 1.165) is 11.8 Å². The summed E-state index contributed by atoms with van der Waals surface area (Å²) in [7, 11) is 0. The van der Waals surface area contributed by atoms with Crippen LogP contribution < -0.4 is 0 Å². The van der Waals surface area contributed by atoms with E-state index in [2.05, 4.69) is 23.7 Å². The Bertz CT molecular complexity index is 201. The molecule has 0 aromatic rings. The second kappa shape index (κ2) is 2.53. The van der Waals surface area contributed by atoms with E-state index in [-0.39, 0.29) is 0 Å². The molecule has 0 radical (unpaired) electrons. The molecule has 0 N–H and O–H groups in total. The predicted molar refractivity (Wildman–Crippen MR) is 46.1 cm³/mol. The van der Waals surface area contributed by atoms with Crippen molar-refractivity contribution in [1.29, 1.82) is 0 Å². The van der Waals surface area contributed by atoms with Crippen LogP contribution in [0.5, 0.6) is 0 Å². The summed E-state index contributed by atoms with van der Waals surface area (Å²) in [5, 5.41) is 0. The van der Waals surface area contributed by atoms with Gasteiger partial charge in [-0.3, -0.25) is 4.90 Å². The third-order valence-corrected chi connectivity index (χ3v) is 2.91. The van der Waals surface area contributed by atoms with Crippen LogP contribution in [0.2, 0.25) is 0 Å². The van der Waals surface area contributed by atoms with E-state index in [1.54, 1.807) is 0 Å². The lowest BCUT2D eigenvalue weighted by Crippen LogP contribution is -2.31. The highest BCUT2D eigenvalue weighted by molar-refractivity contribution is 5.08. The fourth-order valence-corrected chi connectivity index (χ4v) is 2.05. The first kappa shape index (κ1) is 7.18. The highest BCUT2D eigenvalue weighted by atomic mass is 15.2. The molecule has 2 rings (SSSR count). The van der Waals surface area contributed by atoms with Crippen LogP contribution in [0, 0.1) is 23.7 Å². The van der Waals surface area contributed by atoms with Crippen molar-refractivity contribution in [3.05, 3.63) is 0 Å².